The number of carbonyl (C=O) groups excluding carboxylic acids is 2. The number of rotatable bonds is 5. The average molecular weight is 293 g/mol. The van der Waals surface area contributed by atoms with Gasteiger partial charge in [-0.05, 0) is 47.9 Å². The zero-order chi connectivity index (χ0) is 15.9. The van der Waals surface area contributed by atoms with E-state index in [9.17, 15) is 9.59 Å². The van der Waals surface area contributed by atoms with Gasteiger partial charge < -0.3 is 5.32 Å². The van der Waals surface area contributed by atoms with Crippen LogP contribution in [-0.2, 0) is 11.2 Å². The van der Waals surface area contributed by atoms with Crippen molar-refractivity contribution in [2.24, 2.45) is 0 Å². The van der Waals surface area contributed by atoms with Gasteiger partial charge in [0.25, 0.3) is 0 Å². The van der Waals surface area contributed by atoms with Crippen LogP contribution in [0.3, 0.4) is 0 Å². The van der Waals surface area contributed by atoms with E-state index in [0.717, 1.165) is 12.0 Å². The van der Waals surface area contributed by atoms with Crippen LogP contribution in [0.5, 0.6) is 0 Å². The fraction of sp³-hybridized carbons (Fsp3) is 0.158. The van der Waals surface area contributed by atoms with Crippen molar-refractivity contribution in [1.29, 1.82) is 0 Å². The zero-order valence-electron chi connectivity index (χ0n) is 12.8. The molecule has 0 fully saturated rings. The Balaban J connectivity index is 2.04. The molecule has 3 nitrogen and oxygen atoms in total. The monoisotopic (exact) mass is 293 g/mol. The molecule has 1 N–H and O–H groups in total. The second kappa shape index (κ2) is 7.36. The molecule has 0 aliphatic rings. The Bertz CT molecular complexity index is 682. The Morgan fingerprint density at radius 2 is 1.64 bits per heavy atom. The molecule has 0 spiro atoms. The summed E-state index contributed by atoms with van der Waals surface area (Å²) in [6, 6.07) is 15.0. The van der Waals surface area contributed by atoms with Gasteiger partial charge in [-0.2, -0.15) is 0 Å². The molecule has 0 heterocycles. The number of carbonyl (C=O) groups is 2. The maximum absolute atomic E-state index is 12.1. The number of nitrogens with one attached hydrogen (secondary N) is 1. The molecule has 112 valence electrons. The summed E-state index contributed by atoms with van der Waals surface area (Å²) in [5.74, 6) is -0.191. The van der Waals surface area contributed by atoms with Gasteiger partial charge in [0.2, 0.25) is 5.91 Å². The molecule has 2 aromatic carbocycles. The van der Waals surface area contributed by atoms with Gasteiger partial charge in [-0.1, -0.05) is 37.3 Å². The molecular formula is C19H19NO2. The van der Waals surface area contributed by atoms with Crippen molar-refractivity contribution in [3.8, 4) is 0 Å². The van der Waals surface area contributed by atoms with E-state index >= 15 is 0 Å². The van der Waals surface area contributed by atoms with Crippen LogP contribution in [0.15, 0.2) is 54.6 Å². The Kier molecular flexibility index (Phi) is 5.26. The lowest BCUT2D eigenvalue weighted by Crippen LogP contribution is -2.05. The number of allylic oxidation sites excluding steroid dienone is 1. The summed E-state index contributed by atoms with van der Waals surface area (Å²) in [4.78, 5) is 23.0. The van der Waals surface area contributed by atoms with Crippen LogP contribution in [0.25, 0.3) is 6.08 Å². The van der Waals surface area contributed by atoms with E-state index in [-0.39, 0.29) is 11.7 Å². The predicted octanol–water partition coefficient (Wildman–Crippen LogP) is 4.10. The number of benzene rings is 2. The second-order valence-corrected chi connectivity index (χ2v) is 5.05. The third-order valence-corrected chi connectivity index (χ3v) is 3.30. The molecule has 0 bridgehead atoms. The Morgan fingerprint density at radius 1 is 1.00 bits per heavy atom. The van der Waals surface area contributed by atoms with Crippen molar-refractivity contribution in [1.82, 2.24) is 0 Å². The van der Waals surface area contributed by atoms with Crippen molar-refractivity contribution >= 4 is 23.5 Å². The van der Waals surface area contributed by atoms with Crippen LogP contribution in [0.1, 0.15) is 35.3 Å². The standard InChI is InChI=1S/C19H19NO2/c1-3-15-4-6-16(7-5-15)8-13-19(22)17-9-11-18(12-10-17)20-14(2)21/h4-13H,3H2,1-2H3,(H,20,21)/b13-8+. The third-order valence-electron chi connectivity index (χ3n) is 3.30. The summed E-state index contributed by atoms with van der Waals surface area (Å²) < 4.78 is 0. The first-order valence-corrected chi connectivity index (χ1v) is 7.27. The van der Waals surface area contributed by atoms with Gasteiger partial charge in [0.1, 0.15) is 0 Å². The summed E-state index contributed by atoms with van der Waals surface area (Å²) in [5, 5.41) is 2.67. The lowest BCUT2D eigenvalue weighted by atomic mass is 10.1. The molecule has 0 aliphatic carbocycles. The maximum Gasteiger partial charge on any atom is 0.221 e. The third kappa shape index (κ3) is 4.42. The quantitative estimate of drug-likeness (QED) is 0.666. The van der Waals surface area contributed by atoms with E-state index in [1.54, 1.807) is 30.3 Å². The van der Waals surface area contributed by atoms with Crippen LogP contribution in [0, 0.1) is 0 Å². The second-order valence-electron chi connectivity index (χ2n) is 5.05. The minimum Gasteiger partial charge on any atom is -0.326 e. The lowest BCUT2D eigenvalue weighted by Gasteiger charge is -2.02. The van der Waals surface area contributed by atoms with Crippen LogP contribution in [0.2, 0.25) is 0 Å². The molecule has 1 amide bonds. The first-order chi connectivity index (χ1) is 10.6. The molecule has 0 aromatic heterocycles. The normalized spacial score (nSPS) is 10.6. The predicted molar refractivity (Wildman–Crippen MR) is 89.9 cm³/mol. The first kappa shape index (κ1) is 15.7. The topological polar surface area (TPSA) is 46.2 Å². The highest BCUT2D eigenvalue weighted by Gasteiger charge is 2.02. The molecule has 0 saturated carbocycles. The number of ketones is 1. The Hall–Kier alpha value is -2.68. The number of hydrogen-bond donors (Lipinski definition) is 1. The molecule has 2 aromatic rings. The van der Waals surface area contributed by atoms with Crippen LogP contribution in [-0.4, -0.2) is 11.7 Å². The van der Waals surface area contributed by atoms with Gasteiger partial charge in [-0.25, -0.2) is 0 Å². The summed E-state index contributed by atoms with van der Waals surface area (Å²) in [6.45, 7) is 3.56. The Morgan fingerprint density at radius 3 is 2.18 bits per heavy atom. The van der Waals surface area contributed by atoms with Crippen molar-refractivity contribution in [3.05, 3.63) is 71.3 Å². The first-order valence-electron chi connectivity index (χ1n) is 7.27. The van der Waals surface area contributed by atoms with E-state index in [2.05, 4.69) is 24.4 Å². The fourth-order valence-electron chi connectivity index (χ4n) is 2.05. The maximum atomic E-state index is 12.1. The highest BCUT2D eigenvalue weighted by Crippen LogP contribution is 2.12. The molecular weight excluding hydrogens is 274 g/mol. The van der Waals surface area contributed by atoms with Crippen LogP contribution >= 0.6 is 0 Å². The average Bonchev–Trinajstić information content (AvgIpc) is 2.53. The molecule has 0 unspecified atom stereocenters. The summed E-state index contributed by atoms with van der Waals surface area (Å²) in [7, 11) is 0. The highest BCUT2D eigenvalue weighted by molar-refractivity contribution is 6.07. The van der Waals surface area contributed by atoms with Crippen molar-refractivity contribution in [3.63, 3.8) is 0 Å². The number of amides is 1. The SMILES string of the molecule is CCc1ccc(/C=C/C(=O)c2ccc(NC(C)=O)cc2)cc1. The lowest BCUT2D eigenvalue weighted by molar-refractivity contribution is -0.114. The molecule has 0 saturated heterocycles. The number of anilines is 1. The van der Waals surface area contributed by atoms with E-state index in [4.69, 9.17) is 0 Å². The van der Waals surface area contributed by atoms with E-state index < -0.39 is 0 Å². The molecule has 0 atom stereocenters. The molecule has 3 heteroatoms. The minimum absolute atomic E-state index is 0.0612. The van der Waals surface area contributed by atoms with Gasteiger partial charge in [0, 0.05) is 18.2 Å². The van der Waals surface area contributed by atoms with Gasteiger partial charge in [0.15, 0.2) is 5.78 Å². The largest absolute Gasteiger partial charge is 0.326 e. The Labute approximate surface area is 130 Å². The van der Waals surface area contributed by atoms with Gasteiger partial charge in [-0.15, -0.1) is 0 Å². The smallest absolute Gasteiger partial charge is 0.221 e. The summed E-state index contributed by atoms with van der Waals surface area (Å²) in [5.41, 5.74) is 3.55. The molecule has 2 rings (SSSR count). The highest BCUT2D eigenvalue weighted by atomic mass is 16.1. The van der Waals surface area contributed by atoms with Gasteiger partial charge >= 0.3 is 0 Å². The van der Waals surface area contributed by atoms with Crippen molar-refractivity contribution in [2.45, 2.75) is 20.3 Å². The van der Waals surface area contributed by atoms with Gasteiger partial charge in [-0.3, -0.25) is 9.59 Å². The van der Waals surface area contributed by atoms with E-state index in [0.29, 0.717) is 11.3 Å². The van der Waals surface area contributed by atoms with Crippen molar-refractivity contribution in [2.75, 3.05) is 5.32 Å². The zero-order valence-corrected chi connectivity index (χ0v) is 12.8. The molecule has 0 radical (unpaired) electrons. The molecule has 0 aliphatic heterocycles. The fourth-order valence-corrected chi connectivity index (χ4v) is 2.05. The molecule has 22 heavy (non-hydrogen) atoms. The summed E-state index contributed by atoms with van der Waals surface area (Å²) in [6.07, 6.45) is 4.38. The van der Waals surface area contributed by atoms with Crippen LogP contribution in [0.4, 0.5) is 5.69 Å². The van der Waals surface area contributed by atoms with Gasteiger partial charge in [0.05, 0.1) is 0 Å². The van der Waals surface area contributed by atoms with E-state index in [1.807, 2.05) is 18.2 Å². The number of aryl methyl sites for hydroxylation is 1. The van der Waals surface area contributed by atoms with E-state index in [1.165, 1.54) is 12.5 Å². The number of hydrogen-bond acceptors (Lipinski definition) is 2. The summed E-state index contributed by atoms with van der Waals surface area (Å²) >= 11 is 0. The minimum atomic E-state index is -0.130. The van der Waals surface area contributed by atoms with Crippen LogP contribution < -0.4 is 5.32 Å². The van der Waals surface area contributed by atoms with Crippen molar-refractivity contribution < 1.29 is 9.59 Å².